The van der Waals surface area contributed by atoms with Gasteiger partial charge in [-0.15, -0.1) is 11.6 Å². The summed E-state index contributed by atoms with van der Waals surface area (Å²) in [5.74, 6) is 0.364. The molecular formula is C12H23ClN4O2S. The summed E-state index contributed by atoms with van der Waals surface area (Å²) >= 11 is 5.77. The molecule has 0 aromatic carbocycles. The number of hydrogen-bond donors (Lipinski definition) is 1. The first-order valence-electron chi connectivity index (χ1n) is 6.52. The van der Waals surface area contributed by atoms with E-state index >= 15 is 0 Å². The second-order valence-corrected chi connectivity index (χ2v) is 7.56. The lowest BCUT2D eigenvalue weighted by Gasteiger charge is -2.25. The number of nitrogens with zero attached hydrogens (tertiary/aromatic N) is 3. The van der Waals surface area contributed by atoms with Crippen molar-refractivity contribution in [2.24, 2.45) is 5.92 Å². The maximum absolute atomic E-state index is 12.7. The molecule has 0 atom stereocenters. The van der Waals surface area contributed by atoms with E-state index in [4.69, 9.17) is 11.6 Å². The smallest absolute Gasteiger partial charge is 0.260 e. The molecule has 0 radical (unpaired) electrons. The second-order valence-electron chi connectivity index (χ2n) is 5.42. The molecule has 1 aromatic heterocycles. The Morgan fingerprint density at radius 3 is 2.50 bits per heavy atom. The van der Waals surface area contributed by atoms with Gasteiger partial charge in [0, 0.05) is 25.2 Å². The molecule has 0 saturated carbocycles. The summed E-state index contributed by atoms with van der Waals surface area (Å²) in [5.41, 5.74) is 0.505. The van der Waals surface area contributed by atoms with E-state index in [2.05, 4.69) is 10.2 Å². The Morgan fingerprint density at radius 1 is 1.35 bits per heavy atom. The molecule has 6 nitrogen and oxygen atoms in total. The van der Waals surface area contributed by atoms with Crippen molar-refractivity contribution < 1.29 is 8.42 Å². The van der Waals surface area contributed by atoms with Crippen LogP contribution in [0.2, 0.25) is 0 Å². The summed E-state index contributed by atoms with van der Waals surface area (Å²) in [6, 6.07) is 0. The third-order valence-corrected chi connectivity index (χ3v) is 4.95. The average molecular weight is 323 g/mol. The van der Waals surface area contributed by atoms with E-state index in [-0.39, 0.29) is 16.8 Å². The van der Waals surface area contributed by atoms with E-state index in [0.717, 1.165) is 0 Å². The first-order valence-corrected chi connectivity index (χ1v) is 8.49. The number of aromatic nitrogens is 2. The maximum atomic E-state index is 12.7. The van der Waals surface area contributed by atoms with Crippen LogP contribution in [0.15, 0.2) is 11.2 Å². The van der Waals surface area contributed by atoms with E-state index in [0.29, 0.717) is 25.2 Å². The van der Waals surface area contributed by atoms with Crippen LogP contribution in [0, 0.1) is 5.92 Å². The second kappa shape index (κ2) is 7.40. The fourth-order valence-electron chi connectivity index (χ4n) is 1.78. The van der Waals surface area contributed by atoms with E-state index in [1.807, 2.05) is 32.8 Å². The fourth-order valence-corrected chi connectivity index (χ4v) is 3.76. The molecule has 1 heterocycles. The van der Waals surface area contributed by atoms with Crippen LogP contribution in [0.5, 0.6) is 0 Å². The van der Waals surface area contributed by atoms with Gasteiger partial charge in [-0.25, -0.2) is 8.42 Å². The van der Waals surface area contributed by atoms with Gasteiger partial charge in [-0.2, -0.15) is 9.40 Å². The largest absolute Gasteiger partial charge is 0.308 e. The molecule has 0 saturated heterocycles. The van der Waals surface area contributed by atoms with Gasteiger partial charge in [0.1, 0.15) is 0 Å². The van der Waals surface area contributed by atoms with Crippen LogP contribution < -0.4 is 0 Å². The lowest BCUT2D eigenvalue weighted by atomic mass is 10.2. The number of rotatable bonds is 8. The molecule has 1 rings (SSSR count). The van der Waals surface area contributed by atoms with Gasteiger partial charge in [0.25, 0.3) is 10.0 Å². The minimum Gasteiger partial charge on any atom is -0.308 e. The number of sulfonamides is 1. The van der Waals surface area contributed by atoms with Crippen LogP contribution >= 0.6 is 11.6 Å². The minimum absolute atomic E-state index is 0.104. The highest BCUT2D eigenvalue weighted by molar-refractivity contribution is 7.89. The van der Waals surface area contributed by atoms with Crippen LogP contribution in [-0.2, 0) is 15.9 Å². The van der Waals surface area contributed by atoms with Gasteiger partial charge in [0.05, 0.1) is 12.1 Å². The molecule has 20 heavy (non-hydrogen) atoms. The predicted molar refractivity (Wildman–Crippen MR) is 80.3 cm³/mol. The molecule has 0 amide bonds. The van der Waals surface area contributed by atoms with E-state index < -0.39 is 10.0 Å². The predicted octanol–water partition coefficient (Wildman–Crippen LogP) is 1.36. The summed E-state index contributed by atoms with van der Waals surface area (Å²) in [6.45, 7) is 5.56. The molecule has 8 heteroatoms. The molecule has 0 unspecified atom stereocenters. The zero-order valence-electron chi connectivity index (χ0n) is 12.4. The van der Waals surface area contributed by atoms with Crippen molar-refractivity contribution in [3.05, 3.63) is 11.8 Å². The standard InChI is InChI=1S/C12H23ClN4O2S/c1-10(2)9-17(6-5-16(3)4)20(18,19)12-11(7-13)8-14-15-12/h8,10H,5-7,9H2,1-4H3,(H,14,15). The van der Waals surface area contributed by atoms with Crippen molar-refractivity contribution in [2.75, 3.05) is 33.7 Å². The van der Waals surface area contributed by atoms with Crippen molar-refractivity contribution >= 4 is 21.6 Å². The highest BCUT2D eigenvalue weighted by Crippen LogP contribution is 2.20. The van der Waals surface area contributed by atoms with Crippen LogP contribution in [0.1, 0.15) is 19.4 Å². The zero-order chi connectivity index (χ0) is 15.3. The molecule has 0 aliphatic rings. The first-order chi connectivity index (χ1) is 9.28. The van der Waals surface area contributed by atoms with Crippen molar-refractivity contribution in [3.8, 4) is 0 Å². The SMILES string of the molecule is CC(C)CN(CCN(C)C)S(=O)(=O)c1[nH]ncc1CCl. The Bertz CT molecular complexity index is 513. The molecule has 0 spiro atoms. The molecule has 0 aliphatic carbocycles. The lowest BCUT2D eigenvalue weighted by molar-refractivity contribution is 0.312. The highest BCUT2D eigenvalue weighted by atomic mass is 35.5. The first kappa shape index (κ1) is 17.4. The number of halogens is 1. The van der Waals surface area contributed by atoms with E-state index in [1.165, 1.54) is 10.5 Å². The third-order valence-electron chi connectivity index (χ3n) is 2.79. The summed E-state index contributed by atoms with van der Waals surface area (Å²) < 4.78 is 26.9. The summed E-state index contributed by atoms with van der Waals surface area (Å²) in [6.07, 6.45) is 1.46. The van der Waals surface area contributed by atoms with Gasteiger partial charge in [0.15, 0.2) is 5.03 Å². The highest BCUT2D eigenvalue weighted by Gasteiger charge is 2.28. The van der Waals surface area contributed by atoms with E-state index in [9.17, 15) is 8.42 Å². The molecular weight excluding hydrogens is 300 g/mol. The average Bonchev–Trinajstić information content (AvgIpc) is 2.82. The number of alkyl halides is 1. The Balaban J connectivity index is 3.04. The number of nitrogens with one attached hydrogen (secondary N) is 1. The third kappa shape index (κ3) is 4.44. The van der Waals surface area contributed by atoms with Crippen LogP contribution in [-0.4, -0.2) is 61.5 Å². The van der Waals surface area contributed by atoms with Gasteiger partial charge >= 0.3 is 0 Å². The number of aromatic amines is 1. The zero-order valence-corrected chi connectivity index (χ0v) is 14.0. The van der Waals surface area contributed by atoms with E-state index in [1.54, 1.807) is 0 Å². The van der Waals surface area contributed by atoms with Gasteiger partial charge in [-0.05, 0) is 20.0 Å². The summed E-state index contributed by atoms with van der Waals surface area (Å²) in [7, 11) is 0.247. The topological polar surface area (TPSA) is 69.3 Å². The molecule has 0 fully saturated rings. The molecule has 1 aromatic rings. The van der Waals surface area contributed by atoms with Crippen LogP contribution in [0.25, 0.3) is 0 Å². The molecule has 0 bridgehead atoms. The normalized spacial score (nSPS) is 12.8. The van der Waals surface area contributed by atoms with Crippen molar-refractivity contribution in [2.45, 2.75) is 24.8 Å². The molecule has 0 aliphatic heterocycles. The molecule has 1 N–H and O–H groups in total. The van der Waals surface area contributed by atoms with Crippen molar-refractivity contribution in [1.29, 1.82) is 0 Å². The summed E-state index contributed by atoms with van der Waals surface area (Å²) in [5, 5.41) is 6.45. The number of likely N-dealkylation sites (N-methyl/N-ethyl adjacent to an activating group) is 1. The Labute approximate surface area is 126 Å². The fraction of sp³-hybridized carbons (Fsp3) is 0.750. The number of hydrogen-bond acceptors (Lipinski definition) is 4. The Hall–Kier alpha value is -0.630. The molecule has 116 valence electrons. The van der Waals surface area contributed by atoms with Gasteiger partial charge in [-0.3, -0.25) is 5.10 Å². The van der Waals surface area contributed by atoms with Gasteiger partial charge in [-0.1, -0.05) is 13.8 Å². The maximum Gasteiger partial charge on any atom is 0.260 e. The minimum atomic E-state index is -3.59. The summed E-state index contributed by atoms with van der Waals surface area (Å²) in [4.78, 5) is 1.96. The Kier molecular flexibility index (Phi) is 6.44. The van der Waals surface area contributed by atoms with Crippen molar-refractivity contribution in [3.63, 3.8) is 0 Å². The monoisotopic (exact) mass is 322 g/mol. The number of H-pyrrole nitrogens is 1. The Morgan fingerprint density at radius 2 is 2.00 bits per heavy atom. The van der Waals surface area contributed by atoms with Crippen molar-refractivity contribution in [1.82, 2.24) is 19.4 Å². The van der Waals surface area contributed by atoms with Gasteiger partial charge < -0.3 is 4.90 Å². The van der Waals surface area contributed by atoms with Crippen LogP contribution in [0.3, 0.4) is 0 Å². The van der Waals surface area contributed by atoms with Crippen LogP contribution in [0.4, 0.5) is 0 Å². The quantitative estimate of drug-likeness (QED) is 0.734. The van der Waals surface area contributed by atoms with Gasteiger partial charge in [0.2, 0.25) is 0 Å². The lowest BCUT2D eigenvalue weighted by Crippen LogP contribution is -2.39.